The van der Waals surface area contributed by atoms with Gasteiger partial charge in [0.2, 0.25) is 5.91 Å². The molecule has 0 spiro atoms. The smallest absolute Gasteiger partial charge is 0.223 e. The monoisotopic (exact) mass is 399 g/mol. The Morgan fingerprint density at radius 2 is 1.66 bits per heavy atom. The van der Waals surface area contributed by atoms with Gasteiger partial charge in [-0.05, 0) is 111 Å². The second kappa shape index (κ2) is 8.19. The first-order chi connectivity index (χ1) is 14.1. The number of fused-ring (bicyclic) bond motifs is 5. The standard InChI is InChI=1S/C27H45NO/c1-18-8-10-21-20(16-18)9-11-23-22(21)14-15-27(2)24(23)12-13-25(27)26(29)28-17-19-6-4-3-5-7-19/h18-25H,3-17H2,1-2H3,(H,28,29). The number of hydrogen-bond acceptors (Lipinski definition) is 1. The molecular weight excluding hydrogens is 354 g/mol. The van der Waals surface area contributed by atoms with E-state index in [0.29, 0.717) is 11.8 Å². The van der Waals surface area contributed by atoms with Gasteiger partial charge in [-0.15, -0.1) is 0 Å². The van der Waals surface area contributed by atoms with Crippen molar-refractivity contribution < 1.29 is 4.79 Å². The quantitative estimate of drug-likeness (QED) is 0.570. The first-order valence-corrected chi connectivity index (χ1v) is 13.3. The highest BCUT2D eigenvalue weighted by Crippen LogP contribution is 2.64. The van der Waals surface area contributed by atoms with Crippen LogP contribution in [0.5, 0.6) is 0 Å². The molecule has 0 aliphatic heterocycles. The molecule has 29 heavy (non-hydrogen) atoms. The Morgan fingerprint density at radius 1 is 0.862 bits per heavy atom. The molecule has 0 radical (unpaired) electrons. The van der Waals surface area contributed by atoms with Gasteiger partial charge in [0.1, 0.15) is 0 Å². The fourth-order valence-electron chi connectivity index (χ4n) is 9.28. The number of rotatable bonds is 3. The van der Waals surface area contributed by atoms with Crippen molar-refractivity contribution in [2.45, 2.75) is 104 Å². The summed E-state index contributed by atoms with van der Waals surface area (Å²) in [7, 11) is 0. The van der Waals surface area contributed by atoms with E-state index in [1.807, 2.05) is 0 Å². The third kappa shape index (κ3) is 3.69. The molecule has 0 aromatic carbocycles. The van der Waals surface area contributed by atoms with E-state index in [0.717, 1.165) is 54.4 Å². The van der Waals surface area contributed by atoms with E-state index < -0.39 is 0 Å². The Bertz CT molecular complexity index is 595. The zero-order valence-corrected chi connectivity index (χ0v) is 19.1. The van der Waals surface area contributed by atoms with E-state index in [1.165, 1.54) is 83.5 Å². The van der Waals surface area contributed by atoms with Crippen LogP contribution in [-0.2, 0) is 4.79 Å². The van der Waals surface area contributed by atoms with E-state index >= 15 is 0 Å². The lowest BCUT2D eigenvalue weighted by atomic mass is 9.49. The summed E-state index contributed by atoms with van der Waals surface area (Å²) in [6.07, 6.45) is 19.4. The third-order valence-corrected chi connectivity index (χ3v) is 10.8. The minimum atomic E-state index is 0.284. The zero-order chi connectivity index (χ0) is 20.0. The summed E-state index contributed by atoms with van der Waals surface area (Å²) in [6, 6.07) is 0. The Morgan fingerprint density at radius 3 is 2.48 bits per heavy atom. The minimum Gasteiger partial charge on any atom is -0.356 e. The lowest BCUT2D eigenvalue weighted by Gasteiger charge is -2.56. The average Bonchev–Trinajstić information content (AvgIpc) is 3.09. The molecule has 0 aromatic heterocycles. The Labute approximate surface area is 179 Å². The van der Waals surface area contributed by atoms with E-state index in [4.69, 9.17) is 0 Å². The van der Waals surface area contributed by atoms with Gasteiger partial charge in [-0.3, -0.25) is 4.79 Å². The number of amides is 1. The van der Waals surface area contributed by atoms with Crippen molar-refractivity contribution in [3.63, 3.8) is 0 Å². The van der Waals surface area contributed by atoms with Gasteiger partial charge in [0.25, 0.3) is 0 Å². The van der Waals surface area contributed by atoms with Crippen LogP contribution in [0.3, 0.4) is 0 Å². The summed E-state index contributed by atoms with van der Waals surface area (Å²) in [6.45, 7) is 5.94. The van der Waals surface area contributed by atoms with E-state index in [1.54, 1.807) is 0 Å². The van der Waals surface area contributed by atoms with Gasteiger partial charge in [0.05, 0.1) is 0 Å². The summed E-state index contributed by atoms with van der Waals surface area (Å²) in [5.74, 6) is 7.21. The van der Waals surface area contributed by atoms with Crippen LogP contribution in [-0.4, -0.2) is 12.5 Å². The van der Waals surface area contributed by atoms with Gasteiger partial charge in [-0.1, -0.05) is 39.5 Å². The molecule has 164 valence electrons. The Balaban J connectivity index is 1.23. The first-order valence-electron chi connectivity index (χ1n) is 13.3. The van der Waals surface area contributed by atoms with Crippen molar-refractivity contribution in [2.24, 2.45) is 52.8 Å². The molecule has 2 heteroatoms. The van der Waals surface area contributed by atoms with Crippen molar-refractivity contribution in [1.29, 1.82) is 0 Å². The van der Waals surface area contributed by atoms with Crippen LogP contribution >= 0.6 is 0 Å². The van der Waals surface area contributed by atoms with Crippen LogP contribution in [0.15, 0.2) is 0 Å². The van der Waals surface area contributed by atoms with E-state index in [-0.39, 0.29) is 5.41 Å². The van der Waals surface area contributed by atoms with Gasteiger partial charge in [0.15, 0.2) is 0 Å². The largest absolute Gasteiger partial charge is 0.356 e. The van der Waals surface area contributed by atoms with Gasteiger partial charge in [-0.25, -0.2) is 0 Å². The predicted molar refractivity (Wildman–Crippen MR) is 119 cm³/mol. The van der Waals surface area contributed by atoms with Crippen LogP contribution in [0.1, 0.15) is 104 Å². The lowest BCUT2D eigenvalue weighted by Crippen LogP contribution is -2.50. The molecule has 5 saturated carbocycles. The highest BCUT2D eigenvalue weighted by atomic mass is 16.1. The van der Waals surface area contributed by atoms with Crippen LogP contribution in [0.25, 0.3) is 0 Å². The molecule has 2 nitrogen and oxygen atoms in total. The topological polar surface area (TPSA) is 29.1 Å². The summed E-state index contributed by atoms with van der Waals surface area (Å²) in [5, 5.41) is 3.44. The summed E-state index contributed by atoms with van der Waals surface area (Å²) < 4.78 is 0. The third-order valence-electron chi connectivity index (χ3n) is 10.8. The van der Waals surface area contributed by atoms with Crippen molar-refractivity contribution in [3.05, 3.63) is 0 Å². The Kier molecular flexibility index (Phi) is 5.76. The SMILES string of the molecule is CC1CCC2C(CCC3C2CCC2(C)C(C(=O)NCC4CCCCC4)CCC32)C1. The van der Waals surface area contributed by atoms with Gasteiger partial charge in [-0.2, -0.15) is 0 Å². The Hall–Kier alpha value is -0.530. The highest BCUT2D eigenvalue weighted by molar-refractivity contribution is 5.80. The summed E-state index contributed by atoms with van der Waals surface area (Å²) >= 11 is 0. The zero-order valence-electron chi connectivity index (χ0n) is 19.1. The molecule has 0 aromatic rings. The van der Waals surface area contributed by atoms with Gasteiger partial charge in [0, 0.05) is 12.5 Å². The second-order valence-corrected chi connectivity index (χ2v) is 12.3. The summed E-state index contributed by atoms with van der Waals surface area (Å²) in [4.78, 5) is 13.3. The van der Waals surface area contributed by atoms with Crippen molar-refractivity contribution >= 4 is 5.91 Å². The first kappa shape index (κ1) is 20.4. The molecule has 0 saturated heterocycles. The number of hydrogen-bond donors (Lipinski definition) is 1. The summed E-state index contributed by atoms with van der Waals surface area (Å²) in [5.41, 5.74) is 0.284. The number of nitrogens with one attached hydrogen (secondary N) is 1. The maximum Gasteiger partial charge on any atom is 0.223 e. The van der Waals surface area contributed by atoms with Gasteiger partial charge < -0.3 is 5.32 Å². The fourth-order valence-corrected chi connectivity index (χ4v) is 9.28. The maximum atomic E-state index is 13.3. The molecule has 8 unspecified atom stereocenters. The molecule has 8 atom stereocenters. The molecule has 0 heterocycles. The van der Waals surface area contributed by atoms with Crippen LogP contribution < -0.4 is 5.32 Å². The van der Waals surface area contributed by atoms with Crippen LogP contribution in [0.2, 0.25) is 0 Å². The molecule has 5 aliphatic rings. The molecule has 1 amide bonds. The molecular formula is C27H45NO. The lowest BCUT2D eigenvalue weighted by molar-refractivity contribution is -0.132. The molecule has 5 fully saturated rings. The highest BCUT2D eigenvalue weighted by Gasteiger charge is 2.58. The normalized spacial score (nSPS) is 47.7. The van der Waals surface area contributed by atoms with Gasteiger partial charge >= 0.3 is 0 Å². The maximum absolute atomic E-state index is 13.3. The van der Waals surface area contributed by atoms with Crippen LogP contribution in [0.4, 0.5) is 0 Å². The van der Waals surface area contributed by atoms with E-state index in [2.05, 4.69) is 19.2 Å². The molecule has 0 bridgehead atoms. The second-order valence-electron chi connectivity index (χ2n) is 12.3. The molecule has 5 rings (SSSR count). The number of carbonyl (C=O) groups excluding carboxylic acids is 1. The van der Waals surface area contributed by atoms with Crippen LogP contribution in [0, 0.1) is 52.8 Å². The van der Waals surface area contributed by atoms with Crippen molar-refractivity contribution in [2.75, 3.05) is 6.54 Å². The molecule has 1 N–H and O–H groups in total. The van der Waals surface area contributed by atoms with E-state index in [9.17, 15) is 4.79 Å². The minimum absolute atomic E-state index is 0.284. The molecule has 5 aliphatic carbocycles. The van der Waals surface area contributed by atoms with Crippen molar-refractivity contribution in [3.8, 4) is 0 Å². The predicted octanol–water partition coefficient (Wildman–Crippen LogP) is 6.59. The number of carbonyl (C=O) groups is 1. The average molecular weight is 400 g/mol. The van der Waals surface area contributed by atoms with Crippen molar-refractivity contribution in [1.82, 2.24) is 5.32 Å². The fraction of sp³-hybridized carbons (Fsp3) is 0.963.